The van der Waals surface area contributed by atoms with Gasteiger partial charge in [0.1, 0.15) is 0 Å². The molecule has 0 aromatic carbocycles. The Hall–Kier alpha value is 0.270. The summed E-state index contributed by atoms with van der Waals surface area (Å²) < 4.78 is 0. The number of rotatable bonds is 8. The van der Waals surface area contributed by atoms with Crippen LogP contribution in [0.4, 0.5) is 0 Å². The number of hydrogen-bond donors (Lipinski definition) is 2. The number of thioether (sulfide) groups is 1. The van der Waals surface area contributed by atoms with Crippen molar-refractivity contribution in [1.82, 2.24) is 10.6 Å². The van der Waals surface area contributed by atoms with Crippen molar-refractivity contribution in [3.8, 4) is 0 Å². The third kappa shape index (κ3) is 7.53. The smallest absolute Gasteiger partial charge is 0.00796 e. The molecule has 16 heavy (non-hydrogen) atoms. The molecule has 1 heterocycles. The molecule has 0 bridgehead atoms. The van der Waals surface area contributed by atoms with Crippen molar-refractivity contribution in [2.24, 2.45) is 0 Å². The summed E-state index contributed by atoms with van der Waals surface area (Å²) >= 11 is 1.97. The second-order valence-corrected chi connectivity index (χ2v) is 5.72. The van der Waals surface area contributed by atoms with E-state index in [0.29, 0.717) is 0 Å². The fourth-order valence-electron chi connectivity index (χ4n) is 2.25. The lowest BCUT2D eigenvalue weighted by atomic mass is 10.1. The molecule has 2 N–H and O–H groups in total. The van der Waals surface area contributed by atoms with Crippen molar-refractivity contribution in [2.45, 2.75) is 51.0 Å². The number of nitrogens with one attached hydrogen (secondary N) is 2. The lowest BCUT2D eigenvalue weighted by molar-refractivity contribution is 0.457. The van der Waals surface area contributed by atoms with Gasteiger partial charge < -0.3 is 10.6 Å². The van der Waals surface area contributed by atoms with Gasteiger partial charge in [-0.1, -0.05) is 12.8 Å². The molecule has 0 saturated carbocycles. The van der Waals surface area contributed by atoms with E-state index in [1.54, 1.807) is 0 Å². The van der Waals surface area contributed by atoms with Gasteiger partial charge in [0, 0.05) is 6.04 Å². The summed E-state index contributed by atoms with van der Waals surface area (Å²) in [5, 5.41) is 7.17. The monoisotopic (exact) mass is 244 g/mol. The van der Waals surface area contributed by atoms with Crippen LogP contribution in [0.25, 0.3) is 0 Å². The van der Waals surface area contributed by atoms with Gasteiger partial charge >= 0.3 is 0 Å². The van der Waals surface area contributed by atoms with Gasteiger partial charge in [-0.15, -0.1) is 0 Å². The zero-order valence-corrected chi connectivity index (χ0v) is 11.6. The Morgan fingerprint density at radius 1 is 1.12 bits per heavy atom. The molecular formula is C13H28N2S. The topological polar surface area (TPSA) is 24.1 Å². The Balaban J connectivity index is 1.86. The second kappa shape index (κ2) is 10.4. The van der Waals surface area contributed by atoms with Gasteiger partial charge in [-0.2, -0.15) is 11.8 Å². The summed E-state index contributed by atoms with van der Waals surface area (Å²) in [5.41, 5.74) is 0. The number of unbranched alkanes of at least 4 members (excludes halogenated alkanes) is 3. The van der Waals surface area contributed by atoms with Gasteiger partial charge in [0.15, 0.2) is 0 Å². The van der Waals surface area contributed by atoms with E-state index in [2.05, 4.69) is 16.9 Å². The zero-order chi connectivity index (χ0) is 11.5. The lowest BCUT2D eigenvalue weighted by Crippen LogP contribution is -2.30. The Labute approximate surface area is 105 Å². The van der Waals surface area contributed by atoms with Crippen molar-refractivity contribution in [2.75, 3.05) is 31.6 Å². The van der Waals surface area contributed by atoms with E-state index in [1.165, 1.54) is 70.3 Å². The van der Waals surface area contributed by atoms with Crippen LogP contribution < -0.4 is 10.6 Å². The highest BCUT2D eigenvalue weighted by Crippen LogP contribution is 2.07. The third-order valence-corrected chi connectivity index (χ3v) is 3.98. The largest absolute Gasteiger partial charge is 0.317 e. The fourth-order valence-corrected chi connectivity index (χ4v) is 2.75. The zero-order valence-electron chi connectivity index (χ0n) is 10.8. The summed E-state index contributed by atoms with van der Waals surface area (Å²) in [4.78, 5) is 0. The predicted molar refractivity (Wildman–Crippen MR) is 75.4 cm³/mol. The highest BCUT2D eigenvalue weighted by molar-refractivity contribution is 7.98. The van der Waals surface area contributed by atoms with Crippen molar-refractivity contribution in [3.63, 3.8) is 0 Å². The van der Waals surface area contributed by atoms with Crippen molar-refractivity contribution < 1.29 is 0 Å². The Morgan fingerprint density at radius 2 is 2.00 bits per heavy atom. The highest BCUT2D eigenvalue weighted by atomic mass is 32.2. The molecule has 0 aromatic rings. The maximum Gasteiger partial charge on any atom is 0.00796 e. The molecule has 0 aromatic heterocycles. The lowest BCUT2D eigenvalue weighted by Gasteiger charge is -2.15. The molecule has 96 valence electrons. The molecule has 0 spiro atoms. The quantitative estimate of drug-likeness (QED) is 0.642. The van der Waals surface area contributed by atoms with Gasteiger partial charge in [0.2, 0.25) is 0 Å². The van der Waals surface area contributed by atoms with Crippen LogP contribution in [0, 0.1) is 0 Å². The normalized spacial score (nSPS) is 21.9. The molecule has 3 heteroatoms. The maximum absolute atomic E-state index is 3.71. The summed E-state index contributed by atoms with van der Waals surface area (Å²) in [6.45, 7) is 3.64. The summed E-state index contributed by atoms with van der Waals surface area (Å²) in [7, 11) is 0. The SMILES string of the molecule is CSCCCCCCNC1CCCNCC1. The molecule has 0 radical (unpaired) electrons. The molecule has 1 saturated heterocycles. The van der Waals surface area contributed by atoms with Crippen molar-refractivity contribution >= 4 is 11.8 Å². The summed E-state index contributed by atoms with van der Waals surface area (Å²) in [5.74, 6) is 1.34. The Kier molecular flexibility index (Phi) is 9.34. The second-order valence-electron chi connectivity index (χ2n) is 4.74. The highest BCUT2D eigenvalue weighted by Gasteiger charge is 2.09. The maximum atomic E-state index is 3.71. The predicted octanol–water partition coefficient (Wildman–Crippen LogP) is 2.64. The van der Waals surface area contributed by atoms with Crippen LogP contribution in [0.1, 0.15) is 44.9 Å². The van der Waals surface area contributed by atoms with Crippen LogP contribution in [-0.2, 0) is 0 Å². The van der Waals surface area contributed by atoms with Crippen LogP contribution >= 0.6 is 11.8 Å². The molecule has 2 nitrogen and oxygen atoms in total. The van der Waals surface area contributed by atoms with E-state index in [1.807, 2.05) is 11.8 Å². The van der Waals surface area contributed by atoms with E-state index >= 15 is 0 Å². The van der Waals surface area contributed by atoms with Crippen LogP contribution in [0.2, 0.25) is 0 Å². The van der Waals surface area contributed by atoms with Gasteiger partial charge in [-0.25, -0.2) is 0 Å². The first kappa shape index (κ1) is 14.3. The van der Waals surface area contributed by atoms with E-state index < -0.39 is 0 Å². The van der Waals surface area contributed by atoms with E-state index in [9.17, 15) is 0 Å². The van der Waals surface area contributed by atoms with Crippen molar-refractivity contribution in [1.29, 1.82) is 0 Å². The van der Waals surface area contributed by atoms with Crippen LogP contribution in [0.15, 0.2) is 0 Å². The first-order valence-electron chi connectivity index (χ1n) is 6.86. The van der Waals surface area contributed by atoms with Gasteiger partial charge in [-0.05, 0) is 63.7 Å². The molecule has 0 amide bonds. The molecule has 1 unspecified atom stereocenters. The van der Waals surface area contributed by atoms with E-state index in [0.717, 1.165) is 6.04 Å². The van der Waals surface area contributed by atoms with Crippen LogP contribution in [0.5, 0.6) is 0 Å². The molecule has 1 aliphatic heterocycles. The summed E-state index contributed by atoms with van der Waals surface area (Å²) in [6, 6.07) is 0.779. The average molecular weight is 244 g/mol. The molecule has 1 rings (SSSR count). The standard InChI is InChI=1S/C13H28N2S/c1-16-12-5-3-2-4-10-15-13-7-6-9-14-11-8-13/h13-15H,2-12H2,1H3. The minimum atomic E-state index is 0.779. The van der Waals surface area contributed by atoms with E-state index in [4.69, 9.17) is 0 Å². The minimum absolute atomic E-state index is 0.779. The first-order valence-corrected chi connectivity index (χ1v) is 8.26. The third-order valence-electron chi connectivity index (χ3n) is 3.28. The fraction of sp³-hybridized carbons (Fsp3) is 1.00. The Bertz CT molecular complexity index is 145. The average Bonchev–Trinajstić information content (AvgIpc) is 2.56. The van der Waals surface area contributed by atoms with Gasteiger partial charge in [0.25, 0.3) is 0 Å². The number of hydrogen-bond acceptors (Lipinski definition) is 3. The molecule has 1 aliphatic rings. The van der Waals surface area contributed by atoms with Crippen LogP contribution in [-0.4, -0.2) is 37.7 Å². The van der Waals surface area contributed by atoms with Crippen molar-refractivity contribution in [3.05, 3.63) is 0 Å². The van der Waals surface area contributed by atoms with Gasteiger partial charge in [0.05, 0.1) is 0 Å². The van der Waals surface area contributed by atoms with E-state index in [-0.39, 0.29) is 0 Å². The van der Waals surface area contributed by atoms with Gasteiger partial charge in [-0.3, -0.25) is 0 Å². The first-order chi connectivity index (χ1) is 7.93. The molecule has 1 atom stereocenters. The molecule has 0 aliphatic carbocycles. The summed E-state index contributed by atoms with van der Waals surface area (Å²) in [6.07, 6.45) is 11.8. The Morgan fingerprint density at radius 3 is 2.88 bits per heavy atom. The minimum Gasteiger partial charge on any atom is -0.317 e. The molecular weight excluding hydrogens is 216 g/mol. The van der Waals surface area contributed by atoms with Crippen LogP contribution in [0.3, 0.4) is 0 Å². The molecule has 1 fully saturated rings.